The number of primary amides is 1. The number of unbranched alkanes of at least 4 members (excludes halogenated alkanes) is 15. The van der Waals surface area contributed by atoms with Crippen molar-refractivity contribution in [2.75, 3.05) is 6.54 Å². The van der Waals surface area contributed by atoms with Crippen LogP contribution >= 0.6 is 0 Å². The number of rotatable bonds is 21. The molecule has 3 N–H and O–H groups in total. The Morgan fingerprint density at radius 3 is 1.43 bits per heavy atom. The first kappa shape index (κ1) is 26.9. The van der Waals surface area contributed by atoms with Crippen molar-refractivity contribution < 1.29 is 14.8 Å². The molecular formula is C23H46N2O3. The van der Waals surface area contributed by atoms with E-state index in [2.05, 4.69) is 6.92 Å². The van der Waals surface area contributed by atoms with E-state index in [0.29, 0.717) is 12.8 Å². The van der Waals surface area contributed by atoms with Crippen LogP contribution in [0.2, 0.25) is 0 Å². The number of hydrogen-bond donors (Lipinski definition) is 2. The first-order valence-corrected chi connectivity index (χ1v) is 11.9. The molecule has 166 valence electrons. The molecule has 0 aliphatic rings. The number of nitrogens with two attached hydrogens (primary N) is 1. The standard InChI is InChI=1S/C23H46N2O3/c1-2-3-4-5-6-7-8-9-10-11-12-13-14-15-16-17-20-23(27)25(28)21-18-19-22(24)26/h28H,2-21H2,1H3,(H2,24,26). The molecule has 0 saturated carbocycles. The van der Waals surface area contributed by atoms with Gasteiger partial charge in [-0.15, -0.1) is 0 Å². The molecule has 0 radical (unpaired) electrons. The Kier molecular flexibility index (Phi) is 19.8. The van der Waals surface area contributed by atoms with E-state index >= 15 is 0 Å². The third kappa shape index (κ3) is 19.7. The van der Waals surface area contributed by atoms with E-state index in [0.717, 1.165) is 24.3 Å². The lowest BCUT2D eigenvalue weighted by Gasteiger charge is -2.14. The van der Waals surface area contributed by atoms with Gasteiger partial charge in [-0.25, -0.2) is 5.06 Å². The number of carbonyl (C=O) groups is 2. The maximum Gasteiger partial charge on any atom is 0.245 e. The van der Waals surface area contributed by atoms with Gasteiger partial charge in [0.1, 0.15) is 0 Å². The minimum absolute atomic E-state index is 0.181. The molecule has 0 aliphatic heterocycles. The molecule has 0 aromatic heterocycles. The van der Waals surface area contributed by atoms with E-state index in [1.165, 1.54) is 83.5 Å². The third-order valence-electron chi connectivity index (χ3n) is 5.33. The molecule has 0 aliphatic carbocycles. The summed E-state index contributed by atoms with van der Waals surface area (Å²) in [5.41, 5.74) is 5.03. The summed E-state index contributed by atoms with van der Waals surface area (Å²) in [6.07, 6.45) is 21.8. The molecular weight excluding hydrogens is 352 g/mol. The van der Waals surface area contributed by atoms with Crippen molar-refractivity contribution in [3.8, 4) is 0 Å². The fraction of sp³-hybridized carbons (Fsp3) is 0.913. The summed E-state index contributed by atoms with van der Waals surface area (Å²) in [5, 5.41) is 10.3. The summed E-state index contributed by atoms with van der Waals surface area (Å²) in [7, 11) is 0. The highest BCUT2D eigenvalue weighted by Gasteiger charge is 2.10. The quantitative estimate of drug-likeness (QED) is 0.139. The molecule has 0 rings (SSSR count). The number of carbonyl (C=O) groups excluding carboxylic acids is 2. The second-order valence-electron chi connectivity index (χ2n) is 8.14. The lowest BCUT2D eigenvalue weighted by atomic mass is 10.0. The van der Waals surface area contributed by atoms with Gasteiger partial charge in [0.2, 0.25) is 11.8 Å². The summed E-state index contributed by atoms with van der Waals surface area (Å²) in [4.78, 5) is 22.4. The fourth-order valence-corrected chi connectivity index (χ4v) is 3.48. The average molecular weight is 399 g/mol. The topological polar surface area (TPSA) is 83.6 Å². The highest BCUT2D eigenvalue weighted by Crippen LogP contribution is 2.14. The van der Waals surface area contributed by atoms with Gasteiger partial charge in [0.05, 0.1) is 0 Å². The number of hydroxylamine groups is 2. The summed E-state index contributed by atoms with van der Waals surface area (Å²) in [5.74, 6) is -0.659. The SMILES string of the molecule is CCCCCCCCCCCCCCCCCCC(=O)N(O)CCCC(N)=O. The van der Waals surface area contributed by atoms with Gasteiger partial charge >= 0.3 is 0 Å². The van der Waals surface area contributed by atoms with E-state index in [-0.39, 0.29) is 18.9 Å². The minimum Gasteiger partial charge on any atom is -0.370 e. The zero-order chi connectivity index (χ0) is 20.9. The molecule has 0 atom stereocenters. The van der Waals surface area contributed by atoms with Crippen LogP contribution in [0.3, 0.4) is 0 Å². The Morgan fingerprint density at radius 2 is 1.04 bits per heavy atom. The first-order chi connectivity index (χ1) is 13.6. The molecule has 0 unspecified atom stereocenters. The lowest BCUT2D eigenvalue weighted by molar-refractivity contribution is -0.165. The van der Waals surface area contributed by atoms with Crippen LogP contribution in [0, 0.1) is 0 Å². The van der Waals surface area contributed by atoms with E-state index in [4.69, 9.17) is 5.73 Å². The van der Waals surface area contributed by atoms with Crippen LogP contribution in [0.15, 0.2) is 0 Å². The van der Waals surface area contributed by atoms with Crippen molar-refractivity contribution in [2.45, 2.75) is 129 Å². The molecule has 0 saturated heterocycles. The number of nitrogens with zero attached hydrogens (tertiary/aromatic N) is 1. The van der Waals surface area contributed by atoms with Crippen LogP contribution in [0.4, 0.5) is 0 Å². The molecule has 5 nitrogen and oxygen atoms in total. The average Bonchev–Trinajstić information content (AvgIpc) is 2.67. The Morgan fingerprint density at radius 1 is 0.643 bits per heavy atom. The molecule has 2 amide bonds. The van der Waals surface area contributed by atoms with Crippen LogP contribution in [0.5, 0.6) is 0 Å². The summed E-state index contributed by atoms with van der Waals surface area (Å²) < 4.78 is 0. The van der Waals surface area contributed by atoms with Crippen LogP contribution in [0.25, 0.3) is 0 Å². The van der Waals surface area contributed by atoms with Crippen LogP contribution in [0.1, 0.15) is 129 Å². The molecule has 0 spiro atoms. The zero-order valence-corrected chi connectivity index (χ0v) is 18.4. The van der Waals surface area contributed by atoms with E-state index in [1.807, 2.05) is 0 Å². The van der Waals surface area contributed by atoms with Crippen molar-refractivity contribution in [2.24, 2.45) is 5.73 Å². The molecule has 5 heteroatoms. The van der Waals surface area contributed by atoms with Crippen molar-refractivity contribution in [1.82, 2.24) is 5.06 Å². The monoisotopic (exact) mass is 398 g/mol. The highest BCUT2D eigenvalue weighted by molar-refractivity contribution is 5.75. The smallest absolute Gasteiger partial charge is 0.245 e. The first-order valence-electron chi connectivity index (χ1n) is 11.9. The van der Waals surface area contributed by atoms with Crippen LogP contribution in [-0.2, 0) is 9.59 Å². The largest absolute Gasteiger partial charge is 0.370 e. The zero-order valence-electron chi connectivity index (χ0n) is 18.4. The maximum absolute atomic E-state index is 11.7. The third-order valence-corrected chi connectivity index (χ3v) is 5.33. The molecule has 0 fully saturated rings. The van der Waals surface area contributed by atoms with Crippen molar-refractivity contribution in [3.05, 3.63) is 0 Å². The van der Waals surface area contributed by atoms with E-state index in [9.17, 15) is 14.8 Å². The Labute approximate surface area is 173 Å². The highest BCUT2D eigenvalue weighted by atomic mass is 16.5. The fourth-order valence-electron chi connectivity index (χ4n) is 3.48. The van der Waals surface area contributed by atoms with Crippen molar-refractivity contribution >= 4 is 11.8 Å². The van der Waals surface area contributed by atoms with Crippen LogP contribution in [-0.4, -0.2) is 28.6 Å². The Balaban J connectivity index is 3.24. The molecule has 0 aromatic rings. The Bertz CT molecular complexity index is 375. The number of hydrogen-bond acceptors (Lipinski definition) is 3. The Hall–Kier alpha value is -1.10. The van der Waals surface area contributed by atoms with Gasteiger partial charge in [0, 0.05) is 19.4 Å². The van der Waals surface area contributed by atoms with Gasteiger partial charge < -0.3 is 5.73 Å². The van der Waals surface area contributed by atoms with Gasteiger partial charge in [-0.3, -0.25) is 14.8 Å². The molecule has 28 heavy (non-hydrogen) atoms. The predicted octanol–water partition coefficient (Wildman–Crippen LogP) is 6.12. The number of amides is 2. The maximum atomic E-state index is 11.7. The summed E-state index contributed by atoms with van der Waals surface area (Å²) in [6.45, 7) is 2.45. The summed E-state index contributed by atoms with van der Waals surface area (Å²) in [6, 6.07) is 0. The van der Waals surface area contributed by atoms with Gasteiger partial charge in [-0.2, -0.15) is 0 Å². The van der Waals surface area contributed by atoms with Crippen LogP contribution < -0.4 is 5.73 Å². The molecule has 0 bridgehead atoms. The molecule has 0 heterocycles. The van der Waals surface area contributed by atoms with E-state index in [1.54, 1.807) is 0 Å². The lowest BCUT2D eigenvalue weighted by Crippen LogP contribution is -2.28. The van der Waals surface area contributed by atoms with Gasteiger partial charge in [-0.1, -0.05) is 103 Å². The van der Waals surface area contributed by atoms with Gasteiger partial charge in [0.15, 0.2) is 0 Å². The second kappa shape index (κ2) is 20.6. The van der Waals surface area contributed by atoms with Crippen molar-refractivity contribution in [3.63, 3.8) is 0 Å². The van der Waals surface area contributed by atoms with E-state index < -0.39 is 5.91 Å². The van der Waals surface area contributed by atoms with Crippen molar-refractivity contribution in [1.29, 1.82) is 0 Å². The second-order valence-corrected chi connectivity index (χ2v) is 8.14. The van der Waals surface area contributed by atoms with Gasteiger partial charge in [-0.05, 0) is 12.8 Å². The summed E-state index contributed by atoms with van der Waals surface area (Å²) >= 11 is 0. The molecule has 0 aromatic carbocycles. The normalized spacial score (nSPS) is 10.9. The predicted molar refractivity (Wildman–Crippen MR) is 116 cm³/mol. The van der Waals surface area contributed by atoms with Gasteiger partial charge in [0.25, 0.3) is 0 Å². The minimum atomic E-state index is -0.404.